The Labute approximate surface area is 257 Å². The second kappa shape index (κ2) is 14.2. The van der Waals surface area contributed by atoms with Crippen molar-refractivity contribution in [2.45, 2.75) is 77.8 Å². The number of nitrogens with zero attached hydrogens (tertiary/aromatic N) is 3. The van der Waals surface area contributed by atoms with Crippen LogP contribution in [-0.2, 0) is 23.7 Å². The fourth-order valence-electron chi connectivity index (χ4n) is 5.31. The minimum Gasteiger partial charge on any atom is -0.481 e. The number of carboxylic acid groups (broad SMARTS) is 1. The summed E-state index contributed by atoms with van der Waals surface area (Å²) in [7, 11) is 0. The van der Waals surface area contributed by atoms with Crippen LogP contribution >= 0.6 is 0 Å². The van der Waals surface area contributed by atoms with Gasteiger partial charge in [-0.3, -0.25) is 14.9 Å². The Hall–Kier alpha value is -4.28. The lowest BCUT2D eigenvalue weighted by molar-refractivity contribution is -0.143. The van der Waals surface area contributed by atoms with Crippen LogP contribution in [0.25, 0.3) is 0 Å². The van der Waals surface area contributed by atoms with E-state index in [4.69, 9.17) is 5.11 Å². The highest BCUT2D eigenvalue weighted by Gasteiger charge is 2.38. The van der Waals surface area contributed by atoms with E-state index in [1.54, 1.807) is 23.2 Å². The fraction of sp³-hybridized carbons (Fsp3) is 0.484. The summed E-state index contributed by atoms with van der Waals surface area (Å²) in [6, 6.07) is 7.03. The maximum atomic E-state index is 13.5. The number of carboxylic acids is 1. The normalized spacial score (nSPS) is 17.7. The third kappa shape index (κ3) is 10.1. The average molecular weight is 640 g/mol. The molecule has 0 atom stereocenters. The first kappa shape index (κ1) is 35.2. The van der Waals surface area contributed by atoms with Gasteiger partial charge in [0.15, 0.2) is 6.19 Å². The lowest BCUT2D eigenvalue weighted by atomic mass is 9.71. The van der Waals surface area contributed by atoms with Crippen LogP contribution < -0.4 is 10.6 Å². The molecule has 2 aromatic rings. The van der Waals surface area contributed by atoms with Gasteiger partial charge in [0, 0.05) is 24.7 Å². The van der Waals surface area contributed by atoms with Crippen molar-refractivity contribution in [1.29, 1.82) is 5.26 Å². The van der Waals surface area contributed by atoms with Crippen molar-refractivity contribution >= 4 is 23.5 Å². The number of aliphatic imine (C=N–C) groups is 1. The average Bonchev–Trinajstić information content (AvgIpc) is 2.94. The van der Waals surface area contributed by atoms with E-state index in [0.717, 1.165) is 12.8 Å². The summed E-state index contributed by atoms with van der Waals surface area (Å²) in [6.07, 6.45) is -5.80. The van der Waals surface area contributed by atoms with E-state index in [1.807, 2.05) is 0 Å². The SMILES string of the molecule is CC(C)(C)C1CCC(N(Cc2ccc(C(=O)NCCC(=O)O)cc2)C(=Nc2cc(C(F)(F)F)cc(C(F)(F)F)c2)NC#N)CC1. The molecule has 244 valence electrons. The van der Waals surface area contributed by atoms with E-state index in [-0.39, 0.29) is 48.6 Å². The monoisotopic (exact) mass is 639 g/mol. The maximum Gasteiger partial charge on any atom is 0.416 e. The van der Waals surface area contributed by atoms with Crippen molar-refractivity contribution in [3.63, 3.8) is 0 Å². The molecule has 3 rings (SSSR count). The molecule has 0 saturated heterocycles. The van der Waals surface area contributed by atoms with Gasteiger partial charge in [-0.2, -0.15) is 31.6 Å². The second-order valence-corrected chi connectivity index (χ2v) is 12.0. The van der Waals surface area contributed by atoms with Gasteiger partial charge in [0.05, 0.1) is 23.2 Å². The number of halogens is 6. The topological polar surface area (TPSA) is 118 Å². The van der Waals surface area contributed by atoms with Crippen molar-refractivity contribution in [3.8, 4) is 6.19 Å². The van der Waals surface area contributed by atoms with Gasteiger partial charge < -0.3 is 15.3 Å². The molecular weight excluding hydrogens is 604 g/mol. The zero-order valence-electron chi connectivity index (χ0n) is 25.0. The molecule has 0 bridgehead atoms. The quantitative estimate of drug-likeness (QED) is 0.0933. The molecule has 0 aliphatic heterocycles. The number of aliphatic carboxylic acids is 1. The summed E-state index contributed by atoms with van der Waals surface area (Å²) in [5.41, 5.74) is -2.76. The van der Waals surface area contributed by atoms with E-state index in [2.05, 4.69) is 36.4 Å². The summed E-state index contributed by atoms with van der Waals surface area (Å²) >= 11 is 0. The zero-order chi connectivity index (χ0) is 33.6. The third-order valence-electron chi connectivity index (χ3n) is 7.80. The number of rotatable bonds is 8. The predicted octanol–water partition coefficient (Wildman–Crippen LogP) is 7.09. The molecule has 1 aliphatic rings. The molecule has 1 aliphatic carbocycles. The molecule has 0 spiro atoms. The lowest BCUT2D eigenvalue weighted by Crippen LogP contribution is -2.47. The molecule has 0 radical (unpaired) electrons. The van der Waals surface area contributed by atoms with Crippen molar-refractivity contribution in [2.24, 2.45) is 16.3 Å². The lowest BCUT2D eigenvalue weighted by Gasteiger charge is -2.42. The summed E-state index contributed by atoms with van der Waals surface area (Å²) in [4.78, 5) is 28.9. The van der Waals surface area contributed by atoms with Crippen molar-refractivity contribution in [1.82, 2.24) is 15.5 Å². The van der Waals surface area contributed by atoms with Crippen LogP contribution in [-0.4, -0.2) is 40.4 Å². The summed E-state index contributed by atoms with van der Waals surface area (Å²) in [5, 5.41) is 23.2. The van der Waals surface area contributed by atoms with Gasteiger partial charge in [-0.1, -0.05) is 32.9 Å². The summed E-state index contributed by atoms with van der Waals surface area (Å²) < 4.78 is 81.2. The van der Waals surface area contributed by atoms with Gasteiger partial charge in [-0.25, -0.2) is 4.99 Å². The van der Waals surface area contributed by atoms with E-state index in [9.17, 15) is 41.2 Å². The van der Waals surface area contributed by atoms with Crippen LogP contribution in [0.4, 0.5) is 32.0 Å². The van der Waals surface area contributed by atoms with Crippen LogP contribution in [0.3, 0.4) is 0 Å². The van der Waals surface area contributed by atoms with Gasteiger partial charge >= 0.3 is 18.3 Å². The number of guanidine groups is 1. The highest BCUT2D eigenvalue weighted by atomic mass is 19.4. The van der Waals surface area contributed by atoms with Crippen LogP contribution in [0.15, 0.2) is 47.5 Å². The van der Waals surface area contributed by atoms with Crippen LogP contribution in [0.2, 0.25) is 0 Å². The van der Waals surface area contributed by atoms with Crippen LogP contribution in [0.5, 0.6) is 0 Å². The zero-order valence-corrected chi connectivity index (χ0v) is 25.0. The third-order valence-corrected chi connectivity index (χ3v) is 7.80. The first-order chi connectivity index (χ1) is 20.9. The predicted molar refractivity (Wildman–Crippen MR) is 154 cm³/mol. The molecular formula is C31H35F6N5O3. The number of hydrogen-bond donors (Lipinski definition) is 3. The number of carbonyl (C=O) groups is 2. The molecule has 0 unspecified atom stereocenters. The number of nitriles is 1. The Morgan fingerprint density at radius 1 is 0.956 bits per heavy atom. The molecule has 2 aromatic carbocycles. The smallest absolute Gasteiger partial charge is 0.416 e. The Kier molecular flexibility index (Phi) is 11.1. The molecule has 1 saturated carbocycles. The Bertz CT molecular complexity index is 1390. The van der Waals surface area contributed by atoms with E-state index < -0.39 is 41.0 Å². The molecule has 14 heteroatoms. The standard InChI is InChI=1S/C31H35F6N5O3/c1-29(2,3)21-8-10-25(11-9-21)42(17-19-4-6-20(7-5-19)27(45)39-13-12-26(43)44)28(40-18-38)41-24-15-22(30(32,33)34)14-23(16-24)31(35,36)37/h4-7,14-16,21,25H,8-13,17H2,1-3H3,(H,39,45)(H,40,41)(H,43,44). The van der Waals surface area contributed by atoms with Crippen molar-refractivity contribution in [3.05, 3.63) is 64.7 Å². The Balaban J connectivity index is 2.01. The second-order valence-electron chi connectivity index (χ2n) is 12.0. The number of nitrogens with one attached hydrogen (secondary N) is 2. The van der Waals surface area contributed by atoms with Gasteiger partial charge in [0.2, 0.25) is 5.96 Å². The number of carbonyl (C=O) groups excluding carboxylic acids is 1. The van der Waals surface area contributed by atoms with Gasteiger partial charge in [0.1, 0.15) is 0 Å². The van der Waals surface area contributed by atoms with Gasteiger partial charge in [-0.05, 0) is 72.9 Å². The Morgan fingerprint density at radius 3 is 1.98 bits per heavy atom. The van der Waals surface area contributed by atoms with Crippen LogP contribution in [0.1, 0.15) is 79.9 Å². The van der Waals surface area contributed by atoms with Crippen molar-refractivity contribution < 1.29 is 41.0 Å². The summed E-state index contributed by atoms with van der Waals surface area (Å²) in [5.74, 6) is -1.37. The Morgan fingerprint density at radius 2 is 1.51 bits per heavy atom. The summed E-state index contributed by atoms with van der Waals surface area (Å²) in [6.45, 7) is 6.40. The molecule has 45 heavy (non-hydrogen) atoms. The molecule has 1 fully saturated rings. The molecule has 3 N–H and O–H groups in total. The molecule has 0 heterocycles. The van der Waals surface area contributed by atoms with Crippen molar-refractivity contribution in [2.75, 3.05) is 6.54 Å². The highest BCUT2D eigenvalue weighted by molar-refractivity contribution is 5.94. The molecule has 8 nitrogen and oxygen atoms in total. The first-order valence-electron chi connectivity index (χ1n) is 14.3. The molecule has 1 amide bonds. The van der Waals surface area contributed by atoms with Gasteiger partial charge in [0.25, 0.3) is 5.91 Å². The molecule has 0 aromatic heterocycles. The van der Waals surface area contributed by atoms with E-state index in [1.165, 1.54) is 12.1 Å². The number of amides is 1. The van der Waals surface area contributed by atoms with E-state index >= 15 is 0 Å². The fourth-order valence-corrected chi connectivity index (χ4v) is 5.31. The number of alkyl halides is 6. The largest absolute Gasteiger partial charge is 0.481 e. The van der Waals surface area contributed by atoms with E-state index in [0.29, 0.717) is 36.5 Å². The highest BCUT2D eigenvalue weighted by Crippen LogP contribution is 2.40. The maximum absolute atomic E-state index is 13.5. The minimum atomic E-state index is -5.07. The van der Waals surface area contributed by atoms with Gasteiger partial charge in [-0.15, -0.1) is 0 Å². The first-order valence-corrected chi connectivity index (χ1v) is 14.3. The number of hydrogen-bond acceptors (Lipinski definition) is 4. The van der Waals surface area contributed by atoms with Crippen LogP contribution in [0, 0.1) is 22.8 Å². The minimum absolute atomic E-state index is 0.0152. The number of benzene rings is 2.